The molecule has 0 bridgehead atoms. The molecule has 24 heavy (non-hydrogen) atoms. The molecule has 2 nitrogen and oxygen atoms in total. The van der Waals surface area contributed by atoms with Gasteiger partial charge < -0.3 is 10.2 Å². The SMILES string of the molecule is c1ccc2c(c1)CCC(NCc1ccc(N3CCCCC3)cc1)C2. The van der Waals surface area contributed by atoms with Gasteiger partial charge in [-0.25, -0.2) is 0 Å². The summed E-state index contributed by atoms with van der Waals surface area (Å²) in [5.41, 5.74) is 5.86. The van der Waals surface area contributed by atoms with Crippen LogP contribution in [0.2, 0.25) is 0 Å². The van der Waals surface area contributed by atoms with Gasteiger partial charge in [0.05, 0.1) is 0 Å². The quantitative estimate of drug-likeness (QED) is 0.902. The number of hydrogen-bond acceptors (Lipinski definition) is 2. The van der Waals surface area contributed by atoms with E-state index < -0.39 is 0 Å². The molecular weight excluding hydrogens is 292 g/mol. The van der Waals surface area contributed by atoms with E-state index in [-0.39, 0.29) is 0 Å². The Morgan fingerprint density at radius 3 is 2.42 bits per heavy atom. The molecule has 2 aromatic carbocycles. The summed E-state index contributed by atoms with van der Waals surface area (Å²) in [5, 5.41) is 3.76. The van der Waals surface area contributed by atoms with E-state index in [2.05, 4.69) is 58.7 Å². The number of nitrogens with one attached hydrogen (secondary N) is 1. The van der Waals surface area contributed by atoms with Crippen LogP contribution in [0, 0.1) is 0 Å². The summed E-state index contributed by atoms with van der Waals surface area (Å²) in [4.78, 5) is 2.53. The third-order valence-electron chi connectivity index (χ3n) is 5.60. The molecule has 1 unspecified atom stereocenters. The summed E-state index contributed by atoms with van der Waals surface area (Å²) in [6, 6.07) is 18.7. The van der Waals surface area contributed by atoms with Crippen LogP contribution in [0.3, 0.4) is 0 Å². The average Bonchev–Trinajstić information content (AvgIpc) is 2.67. The van der Waals surface area contributed by atoms with Crippen molar-refractivity contribution in [2.45, 2.75) is 51.1 Å². The van der Waals surface area contributed by atoms with Crippen molar-refractivity contribution in [2.75, 3.05) is 18.0 Å². The molecule has 1 fully saturated rings. The van der Waals surface area contributed by atoms with Crippen LogP contribution in [-0.4, -0.2) is 19.1 Å². The van der Waals surface area contributed by atoms with Crippen molar-refractivity contribution in [1.29, 1.82) is 0 Å². The minimum atomic E-state index is 0.613. The average molecular weight is 320 g/mol. The Labute approximate surface area is 145 Å². The van der Waals surface area contributed by atoms with Crippen LogP contribution in [0.1, 0.15) is 42.4 Å². The number of rotatable bonds is 4. The van der Waals surface area contributed by atoms with Crippen LogP contribution >= 0.6 is 0 Å². The molecule has 1 saturated heterocycles. The zero-order valence-corrected chi connectivity index (χ0v) is 14.5. The molecule has 1 N–H and O–H groups in total. The lowest BCUT2D eigenvalue weighted by Gasteiger charge is -2.29. The first-order valence-corrected chi connectivity index (χ1v) is 9.52. The summed E-state index contributed by atoms with van der Waals surface area (Å²) in [5.74, 6) is 0. The number of nitrogens with zero attached hydrogens (tertiary/aromatic N) is 1. The van der Waals surface area contributed by atoms with Gasteiger partial charge in [-0.2, -0.15) is 0 Å². The van der Waals surface area contributed by atoms with Gasteiger partial charge in [0.2, 0.25) is 0 Å². The molecule has 2 heteroatoms. The smallest absolute Gasteiger partial charge is 0.0366 e. The van der Waals surface area contributed by atoms with Gasteiger partial charge >= 0.3 is 0 Å². The van der Waals surface area contributed by atoms with E-state index in [1.165, 1.54) is 68.4 Å². The van der Waals surface area contributed by atoms with Crippen molar-refractivity contribution in [2.24, 2.45) is 0 Å². The lowest BCUT2D eigenvalue weighted by molar-refractivity contribution is 0.457. The van der Waals surface area contributed by atoms with Gasteiger partial charge in [-0.1, -0.05) is 36.4 Å². The number of benzene rings is 2. The molecule has 0 radical (unpaired) electrons. The molecule has 0 amide bonds. The van der Waals surface area contributed by atoms with Crippen LogP contribution in [0.4, 0.5) is 5.69 Å². The van der Waals surface area contributed by atoms with Crippen molar-refractivity contribution in [1.82, 2.24) is 5.32 Å². The Morgan fingerprint density at radius 2 is 1.62 bits per heavy atom. The molecule has 2 aromatic rings. The van der Waals surface area contributed by atoms with E-state index in [9.17, 15) is 0 Å². The van der Waals surface area contributed by atoms with Crippen molar-refractivity contribution in [3.8, 4) is 0 Å². The zero-order valence-electron chi connectivity index (χ0n) is 14.5. The van der Waals surface area contributed by atoms with E-state index in [1.807, 2.05) is 0 Å². The summed E-state index contributed by atoms with van der Waals surface area (Å²) in [7, 11) is 0. The lowest BCUT2D eigenvalue weighted by Crippen LogP contribution is -2.34. The first kappa shape index (κ1) is 15.7. The largest absolute Gasteiger partial charge is 0.372 e. The maximum Gasteiger partial charge on any atom is 0.0366 e. The molecule has 0 aromatic heterocycles. The molecule has 126 valence electrons. The molecule has 1 aliphatic heterocycles. The molecule has 4 rings (SSSR count). The monoisotopic (exact) mass is 320 g/mol. The highest BCUT2D eigenvalue weighted by Gasteiger charge is 2.17. The Morgan fingerprint density at radius 1 is 0.875 bits per heavy atom. The maximum absolute atomic E-state index is 3.76. The second kappa shape index (κ2) is 7.40. The minimum Gasteiger partial charge on any atom is -0.372 e. The summed E-state index contributed by atoms with van der Waals surface area (Å²) < 4.78 is 0. The van der Waals surface area contributed by atoms with Crippen molar-refractivity contribution in [3.05, 3.63) is 65.2 Å². The van der Waals surface area contributed by atoms with Gasteiger partial charge in [-0.05, 0) is 67.3 Å². The third-order valence-corrected chi connectivity index (χ3v) is 5.60. The summed E-state index contributed by atoms with van der Waals surface area (Å²) in [6.07, 6.45) is 7.70. The van der Waals surface area contributed by atoms with E-state index in [1.54, 1.807) is 5.56 Å². The molecule has 1 heterocycles. The molecule has 0 spiro atoms. The Bertz CT molecular complexity index is 656. The van der Waals surface area contributed by atoms with Crippen molar-refractivity contribution >= 4 is 5.69 Å². The minimum absolute atomic E-state index is 0.613. The lowest BCUT2D eigenvalue weighted by atomic mass is 9.88. The van der Waals surface area contributed by atoms with Crippen LogP contribution in [0.25, 0.3) is 0 Å². The van der Waals surface area contributed by atoms with E-state index in [0.29, 0.717) is 6.04 Å². The zero-order chi connectivity index (χ0) is 16.2. The fourth-order valence-corrected chi connectivity index (χ4v) is 4.11. The van der Waals surface area contributed by atoms with Crippen molar-refractivity contribution in [3.63, 3.8) is 0 Å². The Hall–Kier alpha value is -1.80. The second-order valence-corrected chi connectivity index (χ2v) is 7.30. The Kier molecular flexibility index (Phi) is 4.84. The molecule has 0 saturated carbocycles. The van der Waals surface area contributed by atoms with Crippen LogP contribution in [0.5, 0.6) is 0 Å². The van der Waals surface area contributed by atoms with Crippen LogP contribution in [-0.2, 0) is 19.4 Å². The van der Waals surface area contributed by atoms with Crippen LogP contribution in [0.15, 0.2) is 48.5 Å². The summed E-state index contributed by atoms with van der Waals surface area (Å²) in [6.45, 7) is 3.42. The molecule has 1 aliphatic carbocycles. The highest BCUT2D eigenvalue weighted by molar-refractivity contribution is 5.47. The van der Waals surface area contributed by atoms with E-state index in [4.69, 9.17) is 0 Å². The first-order valence-electron chi connectivity index (χ1n) is 9.52. The van der Waals surface area contributed by atoms with Gasteiger partial charge in [-0.15, -0.1) is 0 Å². The van der Waals surface area contributed by atoms with E-state index >= 15 is 0 Å². The highest BCUT2D eigenvalue weighted by Crippen LogP contribution is 2.22. The predicted octanol–water partition coefficient (Wildman–Crippen LogP) is 4.32. The number of fused-ring (bicyclic) bond motifs is 1. The number of aryl methyl sites for hydroxylation is 1. The standard InChI is InChI=1S/C22H28N2/c1-4-14-24(15-5-1)22-12-8-18(9-13-22)17-23-21-11-10-19-6-2-3-7-20(19)16-21/h2-3,6-9,12-13,21,23H,1,4-5,10-11,14-17H2. The van der Waals surface area contributed by atoms with Gasteiger partial charge in [0, 0.05) is 31.4 Å². The predicted molar refractivity (Wildman–Crippen MR) is 102 cm³/mol. The number of hydrogen-bond donors (Lipinski definition) is 1. The fourth-order valence-electron chi connectivity index (χ4n) is 4.11. The van der Waals surface area contributed by atoms with Gasteiger partial charge in [0.1, 0.15) is 0 Å². The number of piperidine rings is 1. The van der Waals surface area contributed by atoms with E-state index in [0.717, 1.165) is 6.54 Å². The summed E-state index contributed by atoms with van der Waals surface area (Å²) >= 11 is 0. The van der Waals surface area contributed by atoms with Gasteiger partial charge in [-0.3, -0.25) is 0 Å². The fraction of sp³-hybridized carbons (Fsp3) is 0.455. The topological polar surface area (TPSA) is 15.3 Å². The molecule has 2 aliphatic rings. The number of anilines is 1. The third kappa shape index (κ3) is 3.64. The van der Waals surface area contributed by atoms with Crippen LogP contribution < -0.4 is 10.2 Å². The van der Waals surface area contributed by atoms with Gasteiger partial charge in [0.25, 0.3) is 0 Å². The first-order chi connectivity index (χ1) is 11.9. The highest BCUT2D eigenvalue weighted by atomic mass is 15.1. The van der Waals surface area contributed by atoms with Gasteiger partial charge in [0.15, 0.2) is 0 Å². The normalized spacial score (nSPS) is 20.7. The maximum atomic E-state index is 3.76. The second-order valence-electron chi connectivity index (χ2n) is 7.30. The molecular formula is C22H28N2. The van der Waals surface area contributed by atoms with Crippen molar-refractivity contribution < 1.29 is 0 Å². The Balaban J connectivity index is 1.31. The molecule has 1 atom stereocenters.